The number of alkyl halides is 3. The van der Waals surface area contributed by atoms with Crippen molar-refractivity contribution >= 4 is 33.8 Å². The fourth-order valence-corrected chi connectivity index (χ4v) is 6.96. The lowest BCUT2D eigenvalue weighted by Gasteiger charge is -2.52. The Balaban J connectivity index is 1.58. The number of halogens is 3. The maximum Gasteiger partial charge on any atom is 0.431 e. The van der Waals surface area contributed by atoms with E-state index in [4.69, 9.17) is 9.72 Å². The molecular formula is C35H42F3N9O3. The van der Waals surface area contributed by atoms with E-state index in [1.165, 1.54) is 11.0 Å². The van der Waals surface area contributed by atoms with Gasteiger partial charge < -0.3 is 19.4 Å². The molecule has 266 valence electrons. The number of nitrogens with zero attached hydrogens (tertiary/aromatic N) is 9. The molecule has 0 radical (unpaired) electrons. The summed E-state index contributed by atoms with van der Waals surface area (Å²) in [7, 11) is 3.94. The monoisotopic (exact) mass is 693 g/mol. The highest BCUT2D eigenvalue weighted by atomic mass is 19.4. The Kier molecular flexibility index (Phi) is 8.61. The molecule has 4 aromatic rings. The number of rotatable bonds is 5. The van der Waals surface area contributed by atoms with Crippen LogP contribution < -0.4 is 10.5 Å². The summed E-state index contributed by atoms with van der Waals surface area (Å²) in [4.78, 5) is 37.9. The van der Waals surface area contributed by atoms with Gasteiger partial charge in [-0.2, -0.15) is 18.4 Å². The average molecular weight is 694 g/mol. The fraction of sp³-hybridized carbons (Fsp3) is 0.543. The van der Waals surface area contributed by atoms with E-state index in [-0.39, 0.29) is 52.5 Å². The molecule has 5 heterocycles. The molecule has 1 amide bonds. The number of fused-ring (bicyclic) bond motifs is 3. The van der Waals surface area contributed by atoms with Crippen molar-refractivity contribution in [2.24, 2.45) is 0 Å². The third kappa shape index (κ3) is 6.03. The first-order chi connectivity index (χ1) is 23.3. The first kappa shape index (κ1) is 35.1. The number of aromatic nitrogens is 5. The second-order valence-corrected chi connectivity index (χ2v) is 14.9. The predicted molar refractivity (Wildman–Crippen MR) is 182 cm³/mol. The molecule has 1 aromatic carbocycles. The Morgan fingerprint density at radius 1 is 1.16 bits per heavy atom. The average Bonchev–Trinajstić information content (AvgIpc) is 3.45. The quantitative estimate of drug-likeness (QED) is 0.257. The Morgan fingerprint density at radius 2 is 1.86 bits per heavy atom. The van der Waals surface area contributed by atoms with Gasteiger partial charge in [0, 0.05) is 25.0 Å². The molecule has 0 spiro atoms. The zero-order valence-corrected chi connectivity index (χ0v) is 29.6. The molecule has 2 aliphatic heterocycles. The van der Waals surface area contributed by atoms with E-state index < -0.39 is 41.2 Å². The molecule has 1 unspecified atom stereocenters. The molecule has 2 atom stereocenters. The van der Waals surface area contributed by atoms with Gasteiger partial charge in [-0.1, -0.05) is 17.3 Å². The van der Waals surface area contributed by atoms with Gasteiger partial charge in [0.05, 0.1) is 35.8 Å². The zero-order valence-electron chi connectivity index (χ0n) is 29.6. The van der Waals surface area contributed by atoms with E-state index in [1.54, 1.807) is 51.4 Å². The van der Waals surface area contributed by atoms with Gasteiger partial charge in [0.1, 0.15) is 22.3 Å². The molecule has 12 nitrogen and oxygen atoms in total. The van der Waals surface area contributed by atoms with Gasteiger partial charge in [-0.3, -0.25) is 9.36 Å². The number of likely N-dealkylation sites (tertiary alicyclic amines) is 1. The number of likely N-dealkylation sites (N-methyl/N-ethyl adjacent to an activating group) is 1. The molecule has 15 heteroatoms. The molecule has 0 aliphatic carbocycles. The summed E-state index contributed by atoms with van der Waals surface area (Å²) in [6.07, 6.45) is -4.77. The molecule has 2 aliphatic rings. The summed E-state index contributed by atoms with van der Waals surface area (Å²) >= 11 is 0. The number of carbonyl (C=O) groups is 1. The summed E-state index contributed by atoms with van der Waals surface area (Å²) in [6.45, 7) is 12.2. The molecular weight excluding hydrogens is 651 g/mol. The Bertz CT molecular complexity index is 2090. The minimum Gasteiger partial charge on any atom is -0.444 e. The van der Waals surface area contributed by atoms with Crippen LogP contribution in [0.25, 0.3) is 27.6 Å². The van der Waals surface area contributed by atoms with Crippen LogP contribution in [0.2, 0.25) is 0 Å². The number of ether oxygens (including phenoxy) is 1. The number of benzene rings is 1. The molecule has 2 fully saturated rings. The number of nitriles is 1. The third-order valence-corrected chi connectivity index (χ3v) is 10.1. The van der Waals surface area contributed by atoms with Crippen LogP contribution in [-0.2, 0) is 10.9 Å². The van der Waals surface area contributed by atoms with Crippen molar-refractivity contribution < 1.29 is 22.7 Å². The van der Waals surface area contributed by atoms with Crippen molar-refractivity contribution in [2.75, 3.05) is 38.6 Å². The summed E-state index contributed by atoms with van der Waals surface area (Å²) in [6, 6.07) is 7.04. The van der Waals surface area contributed by atoms with Gasteiger partial charge in [-0.25, -0.2) is 14.5 Å². The number of hydrogen-bond acceptors (Lipinski definition) is 9. The molecule has 0 saturated carbocycles. The van der Waals surface area contributed by atoms with Crippen molar-refractivity contribution in [1.82, 2.24) is 34.3 Å². The number of piperidine rings is 1. The van der Waals surface area contributed by atoms with Crippen LogP contribution in [0, 0.1) is 25.2 Å². The smallest absolute Gasteiger partial charge is 0.431 e. The van der Waals surface area contributed by atoms with Crippen LogP contribution in [0.1, 0.15) is 69.8 Å². The lowest BCUT2D eigenvalue weighted by molar-refractivity contribution is -0.142. The second-order valence-electron chi connectivity index (χ2n) is 14.9. The van der Waals surface area contributed by atoms with Crippen molar-refractivity contribution in [2.45, 2.75) is 90.2 Å². The van der Waals surface area contributed by atoms with E-state index in [9.17, 15) is 28.0 Å². The van der Waals surface area contributed by atoms with Crippen LogP contribution >= 0.6 is 0 Å². The Labute approximate surface area is 288 Å². The standard InChI is InChI=1S/C35H42F3N9O3/c1-20-10-9-11-25(21(20)2)46-26(35(36,37)38)17-24-27(31(46)48)40-30(44-18-34(6,19-44)43(7)8)28-29(24)47(42-41-28)23-13-15-45(22(16-23)12-14-39)32(49)50-33(3,4)5/h9-11,17,22-23H,12-13,15-16,18-19H2,1-8H3/t22-,23?/m1/s1. The first-order valence-electron chi connectivity index (χ1n) is 16.6. The number of hydrogen-bond donors (Lipinski definition) is 0. The van der Waals surface area contributed by atoms with Gasteiger partial charge in [0.2, 0.25) is 0 Å². The Hall–Kier alpha value is -4.71. The van der Waals surface area contributed by atoms with Gasteiger partial charge >= 0.3 is 12.3 Å². The molecule has 2 saturated heterocycles. The lowest BCUT2D eigenvalue weighted by Crippen LogP contribution is -2.67. The van der Waals surface area contributed by atoms with E-state index in [2.05, 4.69) is 28.2 Å². The van der Waals surface area contributed by atoms with Crippen LogP contribution in [0.3, 0.4) is 0 Å². The maximum absolute atomic E-state index is 14.9. The second kappa shape index (κ2) is 12.3. The highest BCUT2D eigenvalue weighted by Gasteiger charge is 2.44. The summed E-state index contributed by atoms with van der Waals surface area (Å²) < 4.78 is 52.7. The van der Waals surface area contributed by atoms with Crippen LogP contribution in [-0.4, -0.2) is 91.3 Å². The van der Waals surface area contributed by atoms with E-state index >= 15 is 0 Å². The van der Waals surface area contributed by atoms with Crippen molar-refractivity contribution in [3.63, 3.8) is 0 Å². The van der Waals surface area contributed by atoms with Crippen molar-refractivity contribution in [3.05, 3.63) is 51.4 Å². The molecule has 6 rings (SSSR count). The number of carbonyl (C=O) groups excluding carboxylic acids is 1. The van der Waals surface area contributed by atoms with Gasteiger partial charge in [-0.15, -0.1) is 5.10 Å². The van der Waals surface area contributed by atoms with Gasteiger partial charge in [0.15, 0.2) is 11.3 Å². The maximum atomic E-state index is 14.9. The predicted octanol–water partition coefficient (Wildman–Crippen LogP) is 5.76. The largest absolute Gasteiger partial charge is 0.444 e. The number of aryl methyl sites for hydroxylation is 1. The van der Waals surface area contributed by atoms with E-state index in [0.717, 1.165) is 11.6 Å². The highest BCUT2D eigenvalue weighted by Crippen LogP contribution is 2.40. The highest BCUT2D eigenvalue weighted by molar-refractivity contribution is 6.06. The lowest BCUT2D eigenvalue weighted by atomic mass is 9.90. The van der Waals surface area contributed by atoms with Gasteiger partial charge in [0.25, 0.3) is 5.56 Å². The van der Waals surface area contributed by atoms with Crippen molar-refractivity contribution in [3.8, 4) is 11.8 Å². The van der Waals surface area contributed by atoms with Crippen molar-refractivity contribution in [1.29, 1.82) is 5.26 Å². The zero-order chi connectivity index (χ0) is 36.5. The van der Waals surface area contributed by atoms with Crippen LogP contribution in [0.4, 0.5) is 23.8 Å². The first-order valence-corrected chi connectivity index (χ1v) is 16.6. The molecule has 3 aromatic heterocycles. The SMILES string of the molecule is Cc1cccc(-n2c(C(F)(F)F)cc3c(nc(N4CC(C)(N(C)C)C4)c4nnn(C5CCN(C(=O)OC(C)(C)C)[C@H](CC#N)C5)c43)c2=O)c1C. The Morgan fingerprint density at radius 3 is 2.48 bits per heavy atom. The normalized spacial score (nSPS) is 19.6. The van der Waals surface area contributed by atoms with Crippen LogP contribution in [0.15, 0.2) is 29.1 Å². The minimum absolute atomic E-state index is 0.0186. The summed E-state index contributed by atoms with van der Waals surface area (Å²) in [5, 5.41) is 18.6. The van der Waals surface area contributed by atoms with E-state index in [1.807, 2.05) is 19.0 Å². The summed E-state index contributed by atoms with van der Waals surface area (Å²) in [5.74, 6) is 0.363. The van der Waals surface area contributed by atoms with Gasteiger partial charge in [-0.05, 0) is 91.7 Å². The molecule has 0 bridgehead atoms. The molecule has 0 N–H and O–H groups in total. The molecule has 50 heavy (non-hydrogen) atoms. The number of anilines is 1. The van der Waals surface area contributed by atoms with Crippen LogP contribution in [0.5, 0.6) is 0 Å². The number of pyridine rings is 2. The topological polar surface area (TPSA) is 125 Å². The fourth-order valence-electron chi connectivity index (χ4n) is 6.96. The minimum atomic E-state index is -4.89. The number of amides is 1. The third-order valence-electron chi connectivity index (χ3n) is 10.1. The van der Waals surface area contributed by atoms with E-state index in [0.29, 0.717) is 35.5 Å². The summed E-state index contributed by atoms with van der Waals surface area (Å²) in [5.41, 5.74) is -1.19.